The first-order chi connectivity index (χ1) is 17.2. The number of thiophene rings is 1. The molecule has 0 bridgehead atoms. The third-order valence-electron chi connectivity index (χ3n) is 6.11. The molecule has 194 valence electrons. The van der Waals surface area contributed by atoms with E-state index < -0.39 is 5.54 Å². The van der Waals surface area contributed by atoms with Crippen LogP contribution in [0.2, 0.25) is 0 Å². The lowest BCUT2D eigenvalue weighted by Crippen LogP contribution is -2.53. The van der Waals surface area contributed by atoms with E-state index in [0.29, 0.717) is 44.0 Å². The number of hydrazone groups is 1. The van der Waals surface area contributed by atoms with Crippen molar-refractivity contribution in [2.45, 2.75) is 38.8 Å². The smallest absolute Gasteiger partial charge is 0.318 e. The van der Waals surface area contributed by atoms with Crippen LogP contribution in [-0.4, -0.2) is 83.9 Å². The zero-order chi connectivity index (χ0) is 25.7. The van der Waals surface area contributed by atoms with Gasteiger partial charge in [-0.1, -0.05) is 24.3 Å². The summed E-state index contributed by atoms with van der Waals surface area (Å²) in [7, 11) is 0. The molecule has 1 fully saturated rings. The van der Waals surface area contributed by atoms with Gasteiger partial charge in [0, 0.05) is 48.6 Å². The lowest BCUT2D eigenvalue weighted by molar-refractivity contribution is -0.133. The lowest BCUT2D eigenvalue weighted by atomic mass is 10.0. The molecule has 1 aromatic carbocycles. The SMILES string of the molecule is CC(C)(C)NC(=O)N(CCN1CCOCC1)CC(=O)N1N=C(c2ccccc2F)C[C@@H]1c1cccs1. The molecule has 4 rings (SSSR count). The third kappa shape index (κ3) is 6.68. The average molecular weight is 516 g/mol. The van der Waals surface area contributed by atoms with Crippen LogP contribution < -0.4 is 5.32 Å². The van der Waals surface area contributed by atoms with Crippen molar-refractivity contribution in [3.05, 3.63) is 58.0 Å². The molecule has 1 saturated heterocycles. The molecule has 0 unspecified atom stereocenters. The molecule has 0 saturated carbocycles. The number of urea groups is 1. The topological polar surface area (TPSA) is 77.5 Å². The number of amides is 3. The Kier molecular flexibility index (Phi) is 8.38. The number of benzene rings is 1. The maximum Gasteiger partial charge on any atom is 0.318 e. The minimum absolute atomic E-state index is 0.123. The first-order valence-electron chi connectivity index (χ1n) is 12.3. The number of nitrogens with one attached hydrogen (secondary N) is 1. The minimum atomic E-state index is -0.444. The first kappa shape index (κ1) is 26.2. The van der Waals surface area contributed by atoms with Gasteiger partial charge < -0.3 is 15.0 Å². The highest BCUT2D eigenvalue weighted by Gasteiger charge is 2.36. The van der Waals surface area contributed by atoms with E-state index in [2.05, 4.69) is 15.3 Å². The Labute approximate surface area is 215 Å². The van der Waals surface area contributed by atoms with E-state index in [0.717, 1.165) is 18.0 Å². The summed E-state index contributed by atoms with van der Waals surface area (Å²) in [5, 5.41) is 10.9. The van der Waals surface area contributed by atoms with Crippen molar-refractivity contribution in [1.82, 2.24) is 20.1 Å². The number of hydrogen-bond donors (Lipinski definition) is 1. The number of nitrogens with zero attached hydrogens (tertiary/aromatic N) is 4. The van der Waals surface area contributed by atoms with E-state index >= 15 is 0 Å². The van der Waals surface area contributed by atoms with E-state index in [-0.39, 0.29) is 30.3 Å². The van der Waals surface area contributed by atoms with Gasteiger partial charge in [0.15, 0.2) is 0 Å². The zero-order valence-electron chi connectivity index (χ0n) is 21.1. The van der Waals surface area contributed by atoms with Crippen LogP contribution in [0.4, 0.5) is 9.18 Å². The van der Waals surface area contributed by atoms with Crippen molar-refractivity contribution in [1.29, 1.82) is 0 Å². The van der Waals surface area contributed by atoms with Crippen LogP contribution in [0.5, 0.6) is 0 Å². The molecule has 2 aliphatic heterocycles. The molecule has 0 spiro atoms. The van der Waals surface area contributed by atoms with E-state index in [1.54, 1.807) is 23.1 Å². The van der Waals surface area contributed by atoms with Crippen LogP contribution in [0, 0.1) is 5.82 Å². The summed E-state index contributed by atoms with van der Waals surface area (Å²) in [5.41, 5.74) is 0.476. The molecule has 1 N–H and O–H groups in total. The normalized spacial score (nSPS) is 18.7. The molecule has 1 atom stereocenters. The second-order valence-electron chi connectivity index (χ2n) is 10.1. The van der Waals surface area contributed by atoms with Crippen molar-refractivity contribution in [2.75, 3.05) is 45.9 Å². The molecule has 8 nitrogen and oxygen atoms in total. The Morgan fingerprint density at radius 3 is 2.61 bits per heavy atom. The summed E-state index contributed by atoms with van der Waals surface area (Å²) < 4.78 is 20.0. The number of carbonyl (C=O) groups excluding carboxylic acids is 2. The fourth-order valence-electron chi connectivity index (χ4n) is 4.28. The Bertz CT molecular complexity index is 1080. The molecule has 3 heterocycles. The minimum Gasteiger partial charge on any atom is -0.379 e. The Balaban J connectivity index is 1.54. The number of hydrogen-bond acceptors (Lipinski definition) is 6. The van der Waals surface area contributed by atoms with E-state index in [4.69, 9.17) is 4.74 Å². The van der Waals surface area contributed by atoms with Crippen LogP contribution in [0.1, 0.15) is 43.7 Å². The van der Waals surface area contributed by atoms with Crippen LogP contribution >= 0.6 is 11.3 Å². The molecule has 2 aromatic rings. The molecular formula is C26H34FN5O3S. The van der Waals surface area contributed by atoms with Gasteiger partial charge in [0.25, 0.3) is 5.91 Å². The van der Waals surface area contributed by atoms with Gasteiger partial charge in [-0.25, -0.2) is 14.2 Å². The number of rotatable bonds is 7. The largest absolute Gasteiger partial charge is 0.379 e. The summed E-state index contributed by atoms with van der Waals surface area (Å²) in [5.74, 6) is -0.669. The highest BCUT2D eigenvalue weighted by molar-refractivity contribution is 7.10. The van der Waals surface area contributed by atoms with E-state index in [1.807, 2.05) is 38.3 Å². The Morgan fingerprint density at radius 2 is 1.94 bits per heavy atom. The maximum atomic E-state index is 14.5. The third-order valence-corrected chi connectivity index (χ3v) is 7.08. The fourth-order valence-corrected chi connectivity index (χ4v) is 5.09. The predicted molar refractivity (Wildman–Crippen MR) is 139 cm³/mol. The van der Waals surface area contributed by atoms with Crippen LogP contribution in [0.15, 0.2) is 46.9 Å². The maximum absolute atomic E-state index is 14.5. The van der Waals surface area contributed by atoms with Crippen molar-refractivity contribution in [2.24, 2.45) is 5.10 Å². The highest BCUT2D eigenvalue weighted by Crippen LogP contribution is 2.35. The van der Waals surface area contributed by atoms with Gasteiger partial charge >= 0.3 is 6.03 Å². The molecule has 0 radical (unpaired) electrons. The summed E-state index contributed by atoms with van der Waals surface area (Å²) >= 11 is 1.53. The number of carbonyl (C=O) groups is 2. The van der Waals surface area contributed by atoms with Gasteiger partial charge in [-0.2, -0.15) is 5.10 Å². The number of ether oxygens (including phenoxy) is 1. The van der Waals surface area contributed by atoms with Gasteiger partial charge in [0.1, 0.15) is 12.4 Å². The molecule has 3 amide bonds. The monoisotopic (exact) mass is 515 g/mol. The van der Waals surface area contributed by atoms with Gasteiger partial charge in [-0.05, 0) is 38.3 Å². The zero-order valence-corrected chi connectivity index (χ0v) is 21.9. The summed E-state index contributed by atoms with van der Waals surface area (Å²) in [6.45, 7) is 9.57. The van der Waals surface area contributed by atoms with Gasteiger partial charge in [0.2, 0.25) is 0 Å². The summed E-state index contributed by atoms with van der Waals surface area (Å²) in [4.78, 5) is 31.5. The molecule has 2 aliphatic rings. The van der Waals surface area contributed by atoms with Crippen molar-refractivity contribution < 1.29 is 18.7 Å². The van der Waals surface area contributed by atoms with Crippen molar-refractivity contribution >= 4 is 29.0 Å². The lowest BCUT2D eigenvalue weighted by Gasteiger charge is -2.32. The number of morpholine rings is 1. The van der Waals surface area contributed by atoms with Gasteiger partial charge in [-0.3, -0.25) is 9.69 Å². The quantitative estimate of drug-likeness (QED) is 0.610. The second-order valence-corrected chi connectivity index (χ2v) is 11.0. The van der Waals surface area contributed by atoms with E-state index in [1.165, 1.54) is 22.4 Å². The number of halogens is 1. The second kappa shape index (κ2) is 11.5. The predicted octanol–water partition coefficient (Wildman–Crippen LogP) is 3.71. The Hall–Kier alpha value is -2.82. The van der Waals surface area contributed by atoms with Crippen molar-refractivity contribution in [3.63, 3.8) is 0 Å². The summed E-state index contributed by atoms with van der Waals surface area (Å²) in [6.07, 6.45) is 0.412. The van der Waals surface area contributed by atoms with Crippen LogP contribution in [0.25, 0.3) is 0 Å². The molecule has 36 heavy (non-hydrogen) atoms. The van der Waals surface area contributed by atoms with Crippen LogP contribution in [-0.2, 0) is 9.53 Å². The first-order valence-corrected chi connectivity index (χ1v) is 13.1. The van der Waals surface area contributed by atoms with Crippen LogP contribution in [0.3, 0.4) is 0 Å². The van der Waals surface area contributed by atoms with Gasteiger partial charge in [-0.15, -0.1) is 11.3 Å². The van der Waals surface area contributed by atoms with Gasteiger partial charge in [0.05, 0.1) is 25.0 Å². The molecule has 10 heteroatoms. The highest BCUT2D eigenvalue weighted by atomic mass is 32.1. The molecule has 1 aromatic heterocycles. The molecular weight excluding hydrogens is 481 g/mol. The Morgan fingerprint density at radius 1 is 1.19 bits per heavy atom. The van der Waals surface area contributed by atoms with E-state index in [9.17, 15) is 14.0 Å². The molecule has 0 aliphatic carbocycles. The average Bonchev–Trinajstić information content (AvgIpc) is 3.51. The van der Waals surface area contributed by atoms with Crippen molar-refractivity contribution in [3.8, 4) is 0 Å². The fraction of sp³-hybridized carbons (Fsp3) is 0.500. The summed E-state index contributed by atoms with van der Waals surface area (Å²) in [6, 6.07) is 9.72. The standard InChI is InChI=1S/C26H34FN5O3S/c1-26(2,3)28-25(34)31(11-10-30-12-14-35-15-13-30)18-24(33)32-22(23-9-6-16-36-23)17-21(29-32)19-7-4-5-8-20(19)27/h4-9,16,22H,10-15,17-18H2,1-3H3,(H,28,34)/t22-/m1/s1.